The summed E-state index contributed by atoms with van der Waals surface area (Å²) in [6.45, 7) is 3.82. The molecule has 1 aliphatic rings. The number of aliphatic hydroxyl groups is 3. The van der Waals surface area contributed by atoms with Gasteiger partial charge in [-0.25, -0.2) is 4.18 Å². The van der Waals surface area contributed by atoms with Gasteiger partial charge in [0, 0.05) is 13.0 Å². The molecule has 4 N–H and O–H groups in total. The van der Waals surface area contributed by atoms with Crippen molar-refractivity contribution < 1.29 is 56.2 Å². The smallest absolute Gasteiger partial charge is 0.397 e. The van der Waals surface area contributed by atoms with Crippen molar-refractivity contribution in [1.82, 2.24) is 0 Å². The van der Waals surface area contributed by atoms with Crippen LogP contribution in [0.2, 0.25) is 0 Å². The molecule has 0 amide bonds. The average Bonchev–Trinajstić information content (AvgIpc) is 3.42. The van der Waals surface area contributed by atoms with Gasteiger partial charge in [0.15, 0.2) is 6.29 Å². The molecule has 0 aromatic rings. The van der Waals surface area contributed by atoms with Gasteiger partial charge < -0.3 is 34.3 Å². The summed E-state index contributed by atoms with van der Waals surface area (Å²) >= 11 is 0. The summed E-state index contributed by atoms with van der Waals surface area (Å²) in [5.41, 5.74) is 0. The molecular weight excluding hydrogens is 1000 g/mol. The molecule has 1 rings (SSSR count). The van der Waals surface area contributed by atoms with Crippen LogP contribution in [0.1, 0.15) is 232 Å². The summed E-state index contributed by atoms with van der Waals surface area (Å²) in [6, 6.07) is 0. The Bertz CT molecular complexity index is 1760. The Morgan fingerprint density at radius 2 is 0.885 bits per heavy atom. The Morgan fingerprint density at radius 3 is 1.29 bits per heavy atom. The fraction of sp³-hybridized carbons (Fsp3) is 0.708. The summed E-state index contributed by atoms with van der Waals surface area (Å²) in [5, 5.41) is 30.9. The zero-order valence-corrected chi connectivity index (χ0v) is 49.5. The van der Waals surface area contributed by atoms with Crippen LogP contribution < -0.4 is 0 Å². The predicted molar refractivity (Wildman–Crippen MR) is 321 cm³/mol. The number of allylic oxidation sites excluding steroid dienone is 18. The summed E-state index contributed by atoms with van der Waals surface area (Å²) in [7, 11) is -5.08. The number of unbranched alkanes of at least 4 members (excludes halogenated alkanes) is 22. The molecule has 0 saturated carbocycles. The number of rotatable bonds is 53. The van der Waals surface area contributed by atoms with Gasteiger partial charge in [-0.05, 0) is 103 Å². The van der Waals surface area contributed by atoms with Gasteiger partial charge in [-0.2, -0.15) is 8.42 Å². The highest BCUT2D eigenvalue weighted by molar-refractivity contribution is 7.80. The average molecular weight is 1120 g/mol. The minimum atomic E-state index is -5.08. The van der Waals surface area contributed by atoms with Crippen molar-refractivity contribution in [2.24, 2.45) is 0 Å². The number of hydrogen-bond donors (Lipinski definition) is 4. The van der Waals surface area contributed by atoms with E-state index in [2.05, 4.69) is 127 Å². The van der Waals surface area contributed by atoms with Gasteiger partial charge in [-0.1, -0.05) is 232 Å². The first kappa shape index (κ1) is 72.8. The molecule has 1 saturated heterocycles. The standard InChI is InChI=1S/C65H110O12S/c1-3-5-7-9-11-13-15-17-19-21-23-25-27-29-31-33-35-37-39-41-43-45-47-49-51-53-55-73-57-59(58-74-65-63(69)64(77-78(70,71)72)62(68)60(56-66)76-65)75-61(67)54-52-50-48-46-44-42-40-38-36-34-32-30-28-26-24-22-20-18-16-14-12-10-8-6-4-2/h5,7,11,13,16-19,22-25,29,31,35,37,41,43,59-60,62-66,68-69H,3-4,6,8-10,12,14-15,20-21,26-28,30,32-34,36,38-40,42,44-58H2,1-2H3,(H,70,71,72)/b7-5-,13-11-,18-16-,19-17-,24-22-,25-23-,31-29-,37-35-,43-41-. The summed E-state index contributed by atoms with van der Waals surface area (Å²) in [5.74, 6) is -0.412. The lowest BCUT2D eigenvalue weighted by atomic mass is 9.99. The molecule has 0 aromatic heterocycles. The van der Waals surface area contributed by atoms with Gasteiger partial charge in [0.1, 0.15) is 30.5 Å². The molecule has 0 aromatic carbocycles. The third-order valence-corrected chi connectivity index (χ3v) is 13.8. The van der Waals surface area contributed by atoms with E-state index in [1.54, 1.807) is 0 Å². The number of hydrogen-bond acceptors (Lipinski definition) is 11. The SMILES string of the molecule is CC/C=C\C/C=C\C/C=C\C/C=C\C/C=C\C/C=C\C/C=C\CCCCCCOCC(COC1OC(CO)C(O)C(OS(=O)(=O)O)C1O)OC(=O)CCCCCCCCCCCCCCC/C=C\C/C=C\CCCCCCC. The van der Waals surface area contributed by atoms with E-state index < -0.39 is 59.8 Å². The lowest BCUT2D eigenvalue weighted by Gasteiger charge is -2.41. The summed E-state index contributed by atoms with van der Waals surface area (Å²) in [4.78, 5) is 13.0. The van der Waals surface area contributed by atoms with E-state index >= 15 is 0 Å². The normalized spacial score (nSPS) is 19.2. The second-order valence-electron chi connectivity index (χ2n) is 20.6. The van der Waals surface area contributed by atoms with Crippen molar-refractivity contribution in [3.05, 3.63) is 109 Å². The fourth-order valence-corrected chi connectivity index (χ4v) is 9.31. The van der Waals surface area contributed by atoms with Crippen LogP contribution in [-0.4, -0.2) is 97.5 Å². The monoisotopic (exact) mass is 1110 g/mol. The third-order valence-electron chi connectivity index (χ3n) is 13.4. The molecule has 13 heteroatoms. The number of ether oxygens (including phenoxy) is 4. The quantitative estimate of drug-likeness (QED) is 0.0196. The summed E-state index contributed by atoms with van der Waals surface area (Å²) in [6.07, 6.45) is 68.4. The molecule has 448 valence electrons. The Balaban J connectivity index is 2.31. The highest BCUT2D eigenvalue weighted by atomic mass is 32.3. The van der Waals surface area contributed by atoms with Crippen LogP contribution >= 0.6 is 0 Å². The van der Waals surface area contributed by atoms with Gasteiger partial charge >= 0.3 is 16.4 Å². The first-order valence-corrected chi connectivity index (χ1v) is 32.0. The molecule has 6 unspecified atom stereocenters. The molecule has 1 fully saturated rings. The Hall–Kier alpha value is -3.24. The highest BCUT2D eigenvalue weighted by Crippen LogP contribution is 2.26. The maximum atomic E-state index is 13.0. The lowest BCUT2D eigenvalue weighted by molar-refractivity contribution is -0.301. The molecule has 1 heterocycles. The zero-order chi connectivity index (χ0) is 56.7. The van der Waals surface area contributed by atoms with Crippen molar-refractivity contribution in [3.8, 4) is 0 Å². The topological polar surface area (TPSA) is 178 Å². The van der Waals surface area contributed by atoms with Crippen molar-refractivity contribution in [1.29, 1.82) is 0 Å². The molecule has 12 nitrogen and oxygen atoms in total. The van der Waals surface area contributed by atoms with Crippen LogP contribution in [0, 0.1) is 0 Å². The van der Waals surface area contributed by atoms with Crippen molar-refractivity contribution in [2.45, 2.75) is 269 Å². The van der Waals surface area contributed by atoms with E-state index in [9.17, 15) is 33.1 Å². The predicted octanol–water partition coefficient (Wildman–Crippen LogP) is 15.9. The molecule has 1 aliphatic heterocycles. The van der Waals surface area contributed by atoms with Crippen molar-refractivity contribution >= 4 is 16.4 Å². The van der Waals surface area contributed by atoms with Crippen LogP contribution in [0.15, 0.2) is 109 Å². The van der Waals surface area contributed by atoms with E-state index in [-0.39, 0.29) is 19.6 Å². The van der Waals surface area contributed by atoms with Crippen LogP contribution in [0.4, 0.5) is 0 Å². The second-order valence-corrected chi connectivity index (χ2v) is 21.6. The van der Waals surface area contributed by atoms with E-state index in [1.807, 2.05) is 0 Å². The van der Waals surface area contributed by atoms with Gasteiger partial charge in [0.25, 0.3) is 0 Å². The van der Waals surface area contributed by atoms with Crippen LogP contribution in [0.25, 0.3) is 0 Å². The van der Waals surface area contributed by atoms with Crippen molar-refractivity contribution in [3.63, 3.8) is 0 Å². The minimum Gasteiger partial charge on any atom is -0.457 e. The molecule has 0 spiro atoms. The maximum Gasteiger partial charge on any atom is 0.397 e. The number of aliphatic hydroxyl groups excluding tert-OH is 3. The number of carbonyl (C=O) groups excluding carboxylic acids is 1. The maximum absolute atomic E-state index is 13.0. The highest BCUT2D eigenvalue weighted by Gasteiger charge is 2.48. The summed E-state index contributed by atoms with van der Waals surface area (Å²) < 4.78 is 59.5. The van der Waals surface area contributed by atoms with E-state index in [0.717, 1.165) is 103 Å². The number of esters is 1. The number of carbonyl (C=O) groups is 1. The van der Waals surface area contributed by atoms with Gasteiger partial charge in [0.05, 0.1) is 19.8 Å². The largest absolute Gasteiger partial charge is 0.457 e. The molecule has 78 heavy (non-hydrogen) atoms. The molecule has 6 atom stereocenters. The Kier molecular flexibility index (Phi) is 50.7. The molecule has 0 radical (unpaired) electrons. The van der Waals surface area contributed by atoms with Crippen molar-refractivity contribution in [2.75, 3.05) is 26.4 Å². The Labute approximate surface area is 475 Å². The second kappa shape index (κ2) is 54.4. The first-order valence-electron chi connectivity index (χ1n) is 30.6. The first-order chi connectivity index (χ1) is 38.1. The van der Waals surface area contributed by atoms with E-state index in [4.69, 9.17) is 18.9 Å². The van der Waals surface area contributed by atoms with E-state index in [1.165, 1.54) is 103 Å². The van der Waals surface area contributed by atoms with Crippen LogP contribution in [0.3, 0.4) is 0 Å². The zero-order valence-electron chi connectivity index (χ0n) is 48.7. The van der Waals surface area contributed by atoms with Gasteiger partial charge in [-0.15, -0.1) is 0 Å². The van der Waals surface area contributed by atoms with Crippen LogP contribution in [0.5, 0.6) is 0 Å². The molecular formula is C65H110O12S. The van der Waals surface area contributed by atoms with Gasteiger partial charge in [0.2, 0.25) is 0 Å². The molecule has 0 aliphatic carbocycles. The van der Waals surface area contributed by atoms with Gasteiger partial charge in [-0.3, -0.25) is 9.35 Å². The van der Waals surface area contributed by atoms with E-state index in [0.29, 0.717) is 13.0 Å². The minimum absolute atomic E-state index is 0.0120. The Morgan fingerprint density at radius 1 is 0.500 bits per heavy atom. The fourth-order valence-electron chi connectivity index (χ4n) is 8.80. The molecule has 0 bridgehead atoms. The van der Waals surface area contributed by atoms with Crippen LogP contribution in [-0.2, 0) is 38.3 Å². The third kappa shape index (κ3) is 46.5. The lowest BCUT2D eigenvalue weighted by Crippen LogP contribution is -2.60.